The second-order valence-corrected chi connectivity index (χ2v) is 9.37. The third kappa shape index (κ3) is 4.77. The van der Waals surface area contributed by atoms with E-state index in [1.807, 2.05) is 23.6 Å². The zero-order chi connectivity index (χ0) is 27.0. The summed E-state index contributed by atoms with van der Waals surface area (Å²) in [6, 6.07) is 7.16. The van der Waals surface area contributed by atoms with Crippen molar-refractivity contribution in [3.05, 3.63) is 76.2 Å². The molecule has 1 fully saturated rings. The highest BCUT2D eigenvalue weighted by Gasteiger charge is 2.24. The van der Waals surface area contributed by atoms with Crippen molar-refractivity contribution in [3.63, 3.8) is 0 Å². The molecule has 1 aromatic carbocycles. The maximum absolute atomic E-state index is 15.1. The summed E-state index contributed by atoms with van der Waals surface area (Å²) in [4.78, 5) is 17.9. The zero-order valence-corrected chi connectivity index (χ0v) is 21.5. The van der Waals surface area contributed by atoms with Crippen LogP contribution in [0.25, 0.3) is 5.65 Å². The van der Waals surface area contributed by atoms with E-state index in [0.29, 0.717) is 29.4 Å². The van der Waals surface area contributed by atoms with Crippen molar-refractivity contribution in [1.29, 1.82) is 0 Å². The van der Waals surface area contributed by atoms with E-state index in [4.69, 9.17) is 21.4 Å². The second-order valence-electron chi connectivity index (χ2n) is 9.37. The van der Waals surface area contributed by atoms with E-state index in [-0.39, 0.29) is 29.5 Å². The first-order valence-corrected chi connectivity index (χ1v) is 12.2. The Kier molecular flexibility index (Phi) is 6.72. The summed E-state index contributed by atoms with van der Waals surface area (Å²) in [6.45, 7) is 3.85. The topological polar surface area (TPSA) is 141 Å². The number of hydrogen-bond donors (Lipinski definition) is 3. The van der Waals surface area contributed by atoms with Gasteiger partial charge >= 0.3 is 0 Å². The van der Waals surface area contributed by atoms with Crippen LogP contribution in [-0.4, -0.2) is 38.5 Å². The quantitative estimate of drug-likeness (QED) is 0.134. The molecule has 198 valence electrons. The molecule has 5 rings (SSSR count). The summed E-state index contributed by atoms with van der Waals surface area (Å²) in [5, 5.41) is 11.8. The van der Waals surface area contributed by atoms with Crippen LogP contribution in [0.2, 0.25) is 0 Å². The molecule has 4 aromatic rings. The van der Waals surface area contributed by atoms with Gasteiger partial charge in [-0.1, -0.05) is 6.07 Å². The summed E-state index contributed by atoms with van der Waals surface area (Å²) in [7, 11) is 1.36. The Labute approximate surface area is 218 Å². The average molecular weight is 520 g/mol. The van der Waals surface area contributed by atoms with Gasteiger partial charge in [-0.05, 0) is 56.4 Å². The first kappa shape index (κ1) is 25.2. The largest absolute Gasteiger partial charge is 0.494 e. The number of halogens is 1. The highest BCUT2D eigenvalue weighted by Crippen LogP contribution is 2.39. The van der Waals surface area contributed by atoms with Gasteiger partial charge in [0.05, 0.1) is 36.3 Å². The van der Waals surface area contributed by atoms with Crippen LogP contribution in [0.5, 0.6) is 5.75 Å². The van der Waals surface area contributed by atoms with Crippen LogP contribution in [0.15, 0.2) is 41.8 Å². The van der Waals surface area contributed by atoms with Crippen LogP contribution in [0.1, 0.15) is 57.3 Å². The Morgan fingerprint density at radius 1 is 1.29 bits per heavy atom. The molecule has 0 atom stereocenters. The smallest absolute Gasteiger partial charge is 0.255 e. The maximum Gasteiger partial charge on any atom is 0.255 e. The third-order valence-corrected chi connectivity index (χ3v) is 6.79. The molecule has 1 amide bonds. The van der Waals surface area contributed by atoms with Crippen LogP contribution in [-0.2, 0) is 13.1 Å². The molecule has 1 saturated carbocycles. The number of aryl methyl sites for hydroxylation is 1. The van der Waals surface area contributed by atoms with E-state index in [1.165, 1.54) is 31.6 Å². The number of nitrogens with zero attached hydrogens (tertiary/aromatic N) is 6. The minimum absolute atomic E-state index is 0.0213. The van der Waals surface area contributed by atoms with Crippen LogP contribution in [0.3, 0.4) is 0 Å². The Hall–Kier alpha value is -4.45. The minimum Gasteiger partial charge on any atom is -0.494 e. The van der Waals surface area contributed by atoms with Crippen molar-refractivity contribution < 1.29 is 13.9 Å². The number of aromatic nitrogens is 4. The van der Waals surface area contributed by atoms with Gasteiger partial charge in [0.15, 0.2) is 11.6 Å². The van der Waals surface area contributed by atoms with Crippen molar-refractivity contribution in [1.82, 2.24) is 24.5 Å². The van der Waals surface area contributed by atoms with Gasteiger partial charge in [0.2, 0.25) is 0 Å². The predicted molar refractivity (Wildman–Crippen MR) is 141 cm³/mol. The number of hydrogen-bond acceptors (Lipinski definition) is 7. The van der Waals surface area contributed by atoms with Crippen molar-refractivity contribution in [2.75, 3.05) is 12.1 Å². The number of methoxy groups -OCH3 is 1. The molecule has 0 spiro atoms. The van der Waals surface area contributed by atoms with E-state index in [1.54, 1.807) is 17.7 Å². The molecule has 11 nitrogen and oxygen atoms in total. The third-order valence-electron chi connectivity index (χ3n) is 6.79. The van der Waals surface area contributed by atoms with Crippen molar-refractivity contribution in [2.24, 2.45) is 16.8 Å². The fourth-order valence-electron chi connectivity index (χ4n) is 4.68. The summed E-state index contributed by atoms with van der Waals surface area (Å²) in [6.07, 6.45) is 7.74. The number of nitrogens with two attached hydrogens (primary N) is 2. The van der Waals surface area contributed by atoms with Gasteiger partial charge in [0.1, 0.15) is 12.0 Å². The molecular weight excluding hydrogens is 489 g/mol. The number of pyridine rings is 1. The molecule has 0 saturated heterocycles. The van der Waals surface area contributed by atoms with E-state index < -0.39 is 5.82 Å². The number of anilines is 1. The number of rotatable bonds is 9. The standard InChI is InChI=1S/C26H30FN9O2/c1-15-24(26(37)30-10-20-21(35(29)14-31-28)7-8-22(38-3)25(20)27)16(2)36(33-15)13-19-12-34-11-18(17-4-5-17)6-9-23(34)32-19/h6-9,11-12,14,17H,4-5,10,13,28-29H2,1-3H3,(H,30,37)/b31-14-. The number of nitrogens with one attached hydrogen (secondary N) is 1. The molecule has 5 N–H and O–H groups in total. The number of fused-ring (bicyclic) bond motifs is 1. The Balaban J connectivity index is 1.35. The van der Waals surface area contributed by atoms with E-state index in [2.05, 4.69) is 27.8 Å². The highest BCUT2D eigenvalue weighted by atomic mass is 19.1. The number of carbonyl (C=O) groups is 1. The van der Waals surface area contributed by atoms with Gasteiger partial charge in [-0.15, -0.1) is 0 Å². The van der Waals surface area contributed by atoms with Crippen molar-refractivity contribution in [2.45, 2.75) is 45.7 Å². The van der Waals surface area contributed by atoms with Gasteiger partial charge in [-0.3, -0.25) is 14.5 Å². The molecule has 0 radical (unpaired) electrons. The summed E-state index contributed by atoms with van der Waals surface area (Å²) in [5.74, 6) is 10.8. The Morgan fingerprint density at radius 2 is 2.08 bits per heavy atom. The van der Waals surface area contributed by atoms with E-state index in [0.717, 1.165) is 22.7 Å². The summed E-state index contributed by atoms with van der Waals surface area (Å²) < 4.78 is 24.0. The number of carbonyl (C=O) groups excluding carboxylic acids is 1. The molecule has 1 aliphatic carbocycles. The Morgan fingerprint density at radius 3 is 2.79 bits per heavy atom. The molecule has 1 aliphatic rings. The Bertz CT molecular complexity index is 1540. The van der Waals surface area contributed by atoms with E-state index >= 15 is 4.39 Å². The summed E-state index contributed by atoms with van der Waals surface area (Å²) in [5.41, 5.74) is 5.09. The fourth-order valence-corrected chi connectivity index (χ4v) is 4.68. The van der Waals surface area contributed by atoms with Gasteiger partial charge in [-0.25, -0.2) is 15.2 Å². The van der Waals surface area contributed by atoms with Crippen LogP contribution in [0.4, 0.5) is 10.1 Å². The molecule has 12 heteroatoms. The number of imidazole rings is 1. The number of benzene rings is 1. The average Bonchev–Trinajstić information content (AvgIpc) is 3.60. The van der Waals surface area contributed by atoms with Gasteiger partial charge < -0.3 is 20.3 Å². The molecule has 3 aromatic heterocycles. The predicted octanol–water partition coefficient (Wildman–Crippen LogP) is 2.73. The molecule has 0 aliphatic heterocycles. The van der Waals surface area contributed by atoms with Crippen LogP contribution >= 0.6 is 0 Å². The number of ether oxygens (including phenoxy) is 1. The molecule has 3 heterocycles. The number of hydrazine groups is 1. The number of hydrazone groups is 1. The number of amides is 1. The lowest BCUT2D eigenvalue weighted by atomic mass is 10.1. The fraction of sp³-hybridized carbons (Fsp3) is 0.308. The zero-order valence-electron chi connectivity index (χ0n) is 21.5. The lowest BCUT2D eigenvalue weighted by Gasteiger charge is -2.19. The minimum atomic E-state index is -0.646. The van der Waals surface area contributed by atoms with Crippen LogP contribution < -0.4 is 26.7 Å². The van der Waals surface area contributed by atoms with Gasteiger partial charge in [0, 0.05) is 30.2 Å². The van der Waals surface area contributed by atoms with Gasteiger partial charge in [-0.2, -0.15) is 10.2 Å². The van der Waals surface area contributed by atoms with Crippen molar-refractivity contribution in [3.8, 4) is 5.75 Å². The highest BCUT2D eigenvalue weighted by molar-refractivity contribution is 5.96. The molecule has 0 unspecified atom stereocenters. The molecular formula is C26H30FN9O2. The summed E-state index contributed by atoms with van der Waals surface area (Å²) >= 11 is 0. The van der Waals surface area contributed by atoms with Gasteiger partial charge in [0.25, 0.3) is 5.91 Å². The second kappa shape index (κ2) is 10.1. The van der Waals surface area contributed by atoms with E-state index in [9.17, 15) is 4.79 Å². The van der Waals surface area contributed by atoms with Crippen LogP contribution in [0, 0.1) is 19.7 Å². The lowest BCUT2D eigenvalue weighted by Crippen LogP contribution is -2.32. The lowest BCUT2D eigenvalue weighted by molar-refractivity contribution is 0.0949. The first-order valence-electron chi connectivity index (χ1n) is 12.2. The maximum atomic E-state index is 15.1. The molecule has 38 heavy (non-hydrogen) atoms. The first-order chi connectivity index (χ1) is 18.3. The van der Waals surface area contributed by atoms with Crippen molar-refractivity contribution >= 4 is 23.6 Å². The normalized spacial score (nSPS) is 13.4. The SMILES string of the molecule is COc1ccc(N(N)/C=N\N)c(CNC(=O)c2c(C)nn(Cc3cn4cc(C5CC5)ccc4n3)c2C)c1F. The monoisotopic (exact) mass is 519 g/mol. The molecule has 0 bridgehead atoms.